The molecule has 0 saturated carbocycles. The van der Waals surface area contributed by atoms with E-state index in [-0.39, 0.29) is 12.4 Å². The number of carbonyl (C=O) groups excluding carboxylic acids is 1. The van der Waals surface area contributed by atoms with Crippen LogP contribution in [0.3, 0.4) is 0 Å². The maximum absolute atomic E-state index is 11.5. The Hall–Kier alpha value is -1.04. The van der Waals surface area contributed by atoms with E-state index in [0.29, 0.717) is 16.2 Å². The summed E-state index contributed by atoms with van der Waals surface area (Å²) < 4.78 is 21.2. The first kappa shape index (κ1) is 13.0. The van der Waals surface area contributed by atoms with Crippen LogP contribution in [0.25, 0.3) is 0 Å². The van der Waals surface area contributed by atoms with E-state index >= 15 is 0 Å². The Labute approximate surface area is 97.7 Å². The lowest BCUT2D eigenvalue weighted by Gasteiger charge is -2.10. The van der Waals surface area contributed by atoms with Gasteiger partial charge in [-0.25, -0.2) is 0 Å². The van der Waals surface area contributed by atoms with Gasteiger partial charge < -0.3 is 14.0 Å². The van der Waals surface area contributed by atoms with Crippen molar-refractivity contribution >= 4 is 17.0 Å². The fraction of sp³-hybridized carbons (Fsp3) is 0.364. The minimum Gasteiger partial charge on any atom is -0.612 e. The van der Waals surface area contributed by atoms with Gasteiger partial charge in [0.2, 0.25) is 0 Å². The van der Waals surface area contributed by atoms with Gasteiger partial charge in [-0.15, -0.1) is 0 Å². The van der Waals surface area contributed by atoms with Crippen LogP contribution in [0.1, 0.15) is 10.4 Å². The standard InChI is InChI=1S/C11H14O4S/c1-14-7-9(12)8-4-5-11(16(3)13)10(6-8)15-2/h4-6H,7H2,1-3H3. The lowest BCUT2D eigenvalue weighted by atomic mass is 10.1. The zero-order valence-electron chi connectivity index (χ0n) is 9.48. The molecule has 1 aromatic rings. The van der Waals surface area contributed by atoms with Crippen LogP contribution in [0.2, 0.25) is 0 Å². The highest BCUT2D eigenvalue weighted by Crippen LogP contribution is 2.25. The quantitative estimate of drug-likeness (QED) is 0.576. The molecule has 16 heavy (non-hydrogen) atoms. The molecule has 0 aliphatic carbocycles. The number of hydrogen-bond donors (Lipinski definition) is 0. The average molecular weight is 242 g/mol. The third kappa shape index (κ3) is 2.98. The van der Waals surface area contributed by atoms with Crippen LogP contribution >= 0.6 is 0 Å². The molecule has 0 radical (unpaired) electrons. The van der Waals surface area contributed by atoms with Crippen molar-refractivity contribution in [1.82, 2.24) is 0 Å². The molecule has 0 fully saturated rings. The van der Waals surface area contributed by atoms with Crippen LogP contribution in [0.4, 0.5) is 0 Å². The van der Waals surface area contributed by atoms with Crippen LogP contribution in [0, 0.1) is 0 Å². The van der Waals surface area contributed by atoms with Gasteiger partial charge in [-0.2, -0.15) is 0 Å². The largest absolute Gasteiger partial charge is 0.612 e. The van der Waals surface area contributed by atoms with Crippen LogP contribution in [-0.4, -0.2) is 37.4 Å². The Bertz CT molecular complexity index is 376. The van der Waals surface area contributed by atoms with E-state index in [2.05, 4.69) is 0 Å². The smallest absolute Gasteiger partial charge is 0.194 e. The van der Waals surface area contributed by atoms with Gasteiger partial charge in [0.25, 0.3) is 0 Å². The van der Waals surface area contributed by atoms with Crippen molar-refractivity contribution < 1.29 is 18.8 Å². The Balaban J connectivity index is 3.04. The highest BCUT2D eigenvalue weighted by Gasteiger charge is 2.15. The summed E-state index contributed by atoms with van der Waals surface area (Å²) in [6, 6.07) is 4.84. The molecule has 0 heterocycles. The van der Waals surface area contributed by atoms with Gasteiger partial charge >= 0.3 is 0 Å². The molecule has 1 unspecified atom stereocenters. The molecular weight excluding hydrogens is 228 g/mol. The molecule has 0 N–H and O–H groups in total. The summed E-state index contributed by atoms with van der Waals surface area (Å²) in [4.78, 5) is 12.1. The second-order valence-electron chi connectivity index (χ2n) is 3.18. The van der Waals surface area contributed by atoms with Crippen molar-refractivity contribution in [3.63, 3.8) is 0 Å². The first-order valence-electron chi connectivity index (χ1n) is 4.63. The van der Waals surface area contributed by atoms with Crippen molar-refractivity contribution in [1.29, 1.82) is 0 Å². The van der Waals surface area contributed by atoms with Crippen LogP contribution in [0.15, 0.2) is 23.1 Å². The summed E-state index contributed by atoms with van der Waals surface area (Å²) in [7, 11) is 2.95. The molecule has 0 aliphatic rings. The maximum Gasteiger partial charge on any atom is 0.194 e. The minimum atomic E-state index is -1.13. The van der Waals surface area contributed by atoms with E-state index in [0.717, 1.165) is 0 Å². The lowest BCUT2D eigenvalue weighted by Crippen LogP contribution is -2.08. The van der Waals surface area contributed by atoms with E-state index < -0.39 is 11.2 Å². The fourth-order valence-electron chi connectivity index (χ4n) is 1.29. The van der Waals surface area contributed by atoms with E-state index in [9.17, 15) is 9.35 Å². The topological polar surface area (TPSA) is 58.6 Å². The van der Waals surface area contributed by atoms with Crippen molar-refractivity contribution in [2.24, 2.45) is 0 Å². The molecule has 0 bridgehead atoms. The molecule has 88 valence electrons. The number of ketones is 1. The van der Waals surface area contributed by atoms with Gasteiger partial charge in [-0.3, -0.25) is 4.79 Å². The third-order valence-electron chi connectivity index (χ3n) is 2.07. The molecule has 0 aliphatic heterocycles. The summed E-state index contributed by atoms with van der Waals surface area (Å²) in [5.74, 6) is 0.331. The number of carbonyl (C=O) groups is 1. The highest BCUT2D eigenvalue weighted by atomic mass is 32.2. The van der Waals surface area contributed by atoms with E-state index in [1.165, 1.54) is 14.2 Å². The molecule has 0 amide bonds. The predicted octanol–water partition coefficient (Wildman–Crippen LogP) is 1.26. The van der Waals surface area contributed by atoms with Gasteiger partial charge in [0.1, 0.15) is 12.9 Å². The summed E-state index contributed by atoms with van der Waals surface area (Å²) in [5, 5.41) is 0. The number of Topliss-reactive ketones (excluding diaryl/α,β-unsaturated/α-hetero) is 1. The maximum atomic E-state index is 11.5. The number of ether oxygens (including phenoxy) is 2. The number of rotatable bonds is 5. The highest BCUT2D eigenvalue weighted by molar-refractivity contribution is 7.90. The van der Waals surface area contributed by atoms with Crippen molar-refractivity contribution in [2.45, 2.75) is 4.90 Å². The summed E-state index contributed by atoms with van der Waals surface area (Å²) in [5.41, 5.74) is 0.493. The monoisotopic (exact) mass is 242 g/mol. The van der Waals surface area contributed by atoms with E-state index in [1.807, 2.05) is 0 Å². The first-order chi connectivity index (χ1) is 7.60. The van der Waals surface area contributed by atoms with Crippen molar-refractivity contribution in [3.05, 3.63) is 23.8 Å². The Kier molecular flexibility index (Phi) is 4.79. The molecular formula is C11H14O4S. The molecule has 0 aromatic heterocycles. The molecule has 1 rings (SSSR count). The van der Waals surface area contributed by atoms with Crippen molar-refractivity contribution in [3.8, 4) is 5.75 Å². The van der Waals surface area contributed by atoms with Crippen LogP contribution < -0.4 is 4.74 Å². The summed E-state index contributed by atoms with van der Waals surface area (Å²) in [6.07, 6.45) is 1.56. The van der Waals surface area contributed by atoms with Gasteiger partial charge in [0.15, 0.2) is 16.4 Å². The average Bonchev–Trinajstić information content (AvgIpc) is 2.28. The molecule has 0 saturated heterocycles. The zero-order chi connectivity index (χ0) is 12.1. The second-order valence-corrected chi connectivity index (χ2v) is 4.52. The number of hydrogen-bond acceptors (Lipinski definition) is 4. The molecule has 4 nitrogen and oxygen atoms in total. The van der Waals surface area contributed by atoms with Gasteiger partial charge in [0, 0.05) is 12.7 Å². The van der Waals surface area contributed by atoms with E-state index in [1.54, 1.807) is 24.5 Å². The number of benzene rings is 1. The zero-order valence-corrected chi connectivity index (χ0v) is 10.3. The van der Waals surface area contributed by atoms with Gasteiger partial charge in [-0.1, -0.05) is 0 Å². The lowest BCUT2D eigenvalue weighted by molar-refractivity contribution is 0.0847. The summed E-state index contributed by atoms with van der Waals surface area (Å²) >= 11 is -1.13. The SMILES string of the molecule is COCC(=O)c1ccc([S+](C)[O-])c(OC)c1. The van der Waals surface area contributed by atoms with E-state index in [4.69, 9.17) is 9.47 Å². The Morgan fingerprint density at radius 1 is 1.44 bits per heavy atom. The third-order valence-corrected chi connectivity index (χ3v) is 3.03. The first-order valence-corrected chi connectivity index (χ1v) is 6.19. The molecule has 1 aromatic carbocycles. The molecule has 1 atom stereocenters. The van der Waals surface area contributed by atoms with Gasteiger partial charge in [0.05, 0.1) is 7.11 Å². The molecule has 5 heteroatoms. The fourth-order valence-corrected chi connectivity index (χ4v) is 1.98. The Morgan fingerprint density at radius 2 is 2.12 bits per heavy atom. The van der Waals surface area contributed by atoms with Gasteiger partial charge in [-0.05, 0) is 29.4 Å². The minimum absolute atomic E-state index is 0.0255. The van der Waals surface area contributed by atoms with Crippen LogP contribution in [0.5, 0.6) is 5.75 Å². The van der Waals surface area contributed by atoms with Crippen molar-refractivity contribution in [2.75, 3.05) is 27.1 Å². The molecule has 0 spiro atoms. The summed E-state index contributed by atoms with van der Waals surface area (Å²) in [6.45, 7) is 0.0255. The second kappa shape index (κ2) is 5.89. The Morgan fingerprint density at radius 3 is 2.62 bits per heavy atom. The number of methoxy groups -OCH3 is 2. The van der Waals surface area contributed by atoms with Crippen LogP contribution in [-0.2, 0) is 15.9 Å². The predicted molar refractivity (Wildman–Crippen MR) is 61.5 cm³/mol. The normalized spacial score (nSPS) is 12.2.